The van der Waals surface area contributed by atoms with E-state index in [1.54, 1.807) is 0 Å². The molecule has 0 fully saturated rings. The molecule has 4 aromatic rings. The molecular weight excluding hydrogens is 499 g/mol. The second kappa shape index (κ2) is 11.4. The van der Waals surface area contributed by atoms with Crippen LogP contribution in [0.15, 0.2) is 72.9 Å². The first-order valence-electron chi connectivity index (χ1n) is 12.3. The van der Waals surface area contributed by atoms with Crippen LogP contribution in [0.2, 0.25) is 0 Å². The molecule has 0 amide bonds. The van der Waals surface area contributed by atoms with Crippen molar-refractivity contribution < 1.29 is 17.9 Å². The van der Waals surface area contributed by atoms with Gasteiger partial charge in [0.15, 0.2) is 0 Å². The van der Waals surface area contributed by atoms with Crippen LogP contribution in [-0.2, 0) is 25.6 Å². The van der Waals surface area contributed by atoms with Gasteiger partial charge in [-0.3, -0.25) is 0 Å². The van der Waals surface area contributed by atoms with E-state index in [4.69, 9.17) is 9.72 Å². The van der Waals surface area contributed by atoms with E-state index in [9.17, 15) is 13.2 Å². The van der Waals surface area contributed by atoms with Gasteiger partial charge >= 0.3 is 6.18 Å². The van der Waals surface area contributed by atoms with E-state index in [0.717, 1.165) is 73.7 Å². The number of aryl methyl sites for hydroxylation is 1. The summed E-state index contributed by atoms with van der Waals surface area (Å²) in [4.78, 5) is 4.95. The third-order valence-corrected chi connectivity index (χ3v) is 6.45. The highest BCUT2D eigenvalue weighted by Gasteiger charge is 2.30. The van der Waals surface area contributed by atoms with E-state index in [1.807, 2.05) is 24.3 Å². The molecule has 0 unspecified atom stereocenters. The number of alkyl halides is 3. The number of aromatic nitrogens is 2. The first kappa shape index (κ1) is 26.8. The monoisotopic (exact) mass is 527 g/mol. The summed E-state index contributed by atoms with van der Waals surface area (Å²) in [7, 11) is 0. The van der Waals surface area contributed by atoms with Crippen molar-refractivity contribution >= 4 is 12.4 Å². The molecule has 3 aromatic carbocycles. The molecule has 0 aliphatic carbocycles. The van der Waals surface area contributed by atoms with Crippen molar-refractivity contribution in [2.45, 2.75) is 45.3 Å². The molecule has 1 aromatic heterocycles. The largest absolute Gasteiger partial charge is 0.457 e. The fourth-order valence-electron chi connectivity index (χ4n) is 4.45. The standard InChI is InChI=1S/C29H28F3N3O.ClH/c1-2-3-4-28-34-27(19-35(28)24-10-5-20-15-16-33-18-22(20)17-24)21-6-11-25(12-7-21)36-26-13-8-23(9-14-26)29(30,31)32;/h5-14,17,19,33H,2-4,15-16,18H2,1H3;1H. The van der Waals surface area contributed by atoms with Gasteiger partial charge in [0.05, 0.1) is 11.3 Å². The number of imidazole rings is 1. The maximum atomic E-state index is 12.8. The molecule has 0 saturated carbocycles. The zero-order valence-electron chi connectivity index (χ0n) is 20.5. The third kappa shape index (κ3) is 6.17. The lowest BCUT2D eigenvalue weighted by Gasteiger charge is -2.18. The number of hydrogen-bond donors (Lipinski definition) is 1. The SMILES string of the molecule is CCCCc1nc(-c2ccc(Oc3ccc(C(F)(F)F)cc3)cc2)cn1-c1ccc2c(c1)CNCC2.Cl. The van der Waals surface area contributed by atoms with Crippen LogP contribution in [0, 0.1) is 0 Å². The van der Waals surface area contributed by atoms with Gasteiger partial charge in [0.1, 0.15) is 17.3 Å². The third-order valence-electron chi connectivity index (χ3n) is 6.45. The summed E-state index contributed by atoms with van der Waals surface area (Å²) in [5, 5.41) is 3.44. The molecule has 0 saturated heterocycles. The quantitative estimate of drug-likeness (QED) is 0.267. The Balaban J connectivity index is 0.00000320. The molecule has 0 bridgehead atoms. The number of unbranched alkanes of at least 4 members (excludes halogenated alkanes) is 1. The van der Waals surface area contributed by atoms with Crippen molar-refractivity contribution in [3.05, 3.63) is 95.4 Å². The highest BCUT2D eigenvalue weighted by Crippen LogP contribution is 2.32. The average molecular weight is 528 g/mol. The number of benzene rings is 3. The van der Waals surface area contributed by atoms with Crippen LogP contribution in [0.1, 0.15) is 42.3 Å². The van der Waals surface area contributed by atoms with Crippen LogP contribution in [0.3, 0.4) is 0 Å². The topological polar surface area (TPSA) is 39.1 Å². The first-order valence-corrected chi connectivity index (χ1v) is 12.3. The van der Waals surface area contributed by atoms with Gasteiger partial charge in [-0.15, -0.1) is 12.4 Å². The van der Waals surface area contributed by atoms with E-state index in [1.165, 1.54) is 23.3 Å². The van der Waals surface area contributed by atoms with E-state index in [0.29, 0.717) is 11.5 Å². The molecule has 8 heteroatoms. The second-order valence-electron chi connectivity index (χ2n) is 9.04. The van der Waals surface area contributed by atoms with Crippen molar-refractivity contribution in [2.24, 2.45) is 0 Å². The molecule has 194 valence electrons. The van der Waals surface area contributed by atoms with Crippen molar-refractivity contribution in [3.63, 3.8) is 0 Å². The minimum absolute atomic E-state index is 0. The number of ether oxygens (including phenoxy) is 1. The average Bonchev–Trinajstić information content (AvgIpc) is 3.31. The Bertz CT molecular complexity index is 1330. The normalized spacial score (nSPS) is 13.1. The Morgan fingerprint density at radius 1 is 0.946 bits per heavy atom. The Hall–Kier alpha value is -3.29. The Labute approximate surface area is 220 Å². The maximum Gasteiger partial charge on any atom is 0.416 e. The van der Waals surface area contributed by atoms with Crippen LogP contribution in [0.25, 0.3) is 16.9 Å². The summed E-state index contributed by atoms with van der Waals surface area (Å²) in [6.45, 7) is 4.07. The second-order valence-corrected chi connectivity index (χ2v) is 9.04. The molecule has 1 aliphatic heterocycles. The molecule has 4 nitrogen and oxygen atoms in total. The lowest BCUT2D eigenvalue weighted by molar-refractivity contribution is -0.137. The Kier molecular flexibility index (Phi) is 8.25. The molecule has 0 radical (unpaired) electrons. The van der Waals surface area contributed by atoms with Crippen LogP contribution in [0.5, 0.6) is 11.5 Å². The number of fused-ring (bicyclic) bond motifs is 1. The molecule has 0 atom stereocenters. The fraction of sp³-hybridized carbons (Fsp3) is 0.276. The van der Waals surface area contributed by atoms with E-state index in [-0.39, 0.29) is 12.4 Å². The zero-order chi connectivity index (χ0) is 25.1. The van der Waals surface area contributed by atoms with Crippen molar-refractivity contribution in [1.29, 1.82) is 0 Å². The molecule has 5 rings (SSSR count). The van der Waals surface area contributed by atoms with Crippen LogP contribution in [-0.4, -0.2) is 16.1 Å². The predicted octanol–water partition coefficient (Wildman–Crippen LogP) is 7.76. The predicted molar refractivity (Wildman–Crippen MR) is 142 cm³/mol. The molecule has 0 spiro atoms. The molecular formula is C29H29ClF3N3O. The van der Waals surface area contributed by atoms with Gasteiger partial charge in [0.2, 0.25) is 0 Å². The van der Waals surface area contributed by atoms with Crippen LogP contribution in [0.4, 0.5) is 13.2 Å². The summed E-state index contributed by atoms with van der Waals surface area (Å²) in [6, 6.07) is 18.8. The minimum atomic E-state index is -4.37. The molecule has 1 N–H and O–H groups in total. The molecule has 37 heavy (non-hydrogen) atoms. The van der Waals surface area contributed by atoms with Gasteiger partial charge in [-0.2, -0.15) is 13.2 Å². The van der Waals surface area contributed by atoms with Gasteiger partial charge in [-0.1, -0.05) is 19.4 Å². The molecule has 2 heterocycles. The van der Waals surface area contributed by atoms with Crippen LogP contribution >= 0.6 is 12.4 Å². The summed E-state index contributed by atoms with van der Waals surface area (Å²) in [5.74, 6) is 1.93. The van der Waals surface area contributed by atoms with Gasteiger partial charge < -0.3 is 14.6 Å². The van der Waals surface area contributed by atoms with Crippen LogP contribution < -0.4 is 10.1 Å². The smallest absolute Gasteiger partial charge is 0.416 e. The van der Waals surface area contributed by atoms with Gasteiger partial charge in [-0.25, -0.2) is 4.98 Å². The lowest BCUT2D eigenvalue weighted by Crippen LogP contribution is -2.23. The lowest BCUT2D eigenvalue weighted by atomic mass is 10.0. The number of halogens is 4. The number of nitrogens with zero attached hydrogens (tertiary/aromatic N) is 2. The van der Waals surface area contributed by atoms with Crippen molar-refractivity contribution in [1.82, 2.24) is 14.9 Å². The summed E-state index contributed by atoms with van der Waals surface area (Å²) >= 11 is 0. The highest BCUT2D eigenvalue weighted by atomic mass is 35.5. The summed E-state index contributed by atoms with van der Waals surface area (Å²) in [6.07, 6.45) is 1.80. The van der Waals surface area contributed by atoms with Gasteiger partial charge in [0.25, 0.3) is 0 Å². The Morgan fingerprint density at radius 2 is 1.65 bits per heavy atom. The van der Waals surface area contributed by atoms with E-state index >= 15 is 0 Å². The summed E-state index contributed by atoms with van der Waals surface area (Å²) in [5.41, 5.74) is 4.97. The van der Waals surface area contributed by atoms with Gasteiger partial charge in [-0.05, 0) is 91.2 Å². The minimum Gasteiger partial charge on any atom is -0.457 e. The zero-order valence-corrected chi connectivity index (χ0v) is 21.3. The Morgan fingerprint density at radius 3 is 2.32 bits per heavy atom. The first-order chi connectivity index (χ1) is 17.4. The van der Waals surface area contributed by atoms with E-state index < -0.39 is 11.7 Å². The highest BCUT2D eigenvalue weighted by molar-refractivity contribution is 5.85. The maximum absolute atomic E-state index is 12.8. The number of rotatable bonds is 7. The number of nitrogens with one attached hydrogen (secondary N) is 1. The number of hydrogen-bond acceptors (Lipinski definition) is 3. The molecule has 1 aliphatic rings. The van der Waals surface area contributed by atoms with Gasteiger partial charge in [0, 0.05) is 30.4 Å². The summed E-state index contributed by atoms with van der Waals surface area (Å²) < 4.78 is 46.3. The van der Waals surface area contributed by atoms with E-state index in [2.05, 4.69) is 41.2 Å². The van der Waals surface area contributed by atoms with Crippen molar-refractivity contribution in [3.8, 4) is 28.4 Å². The van der Waals surface area contributed by atoms with Crippen molar-refractivity contribution in [2.75, 3.05) is 6.54 Å². The fourth-order valence-corrected chi connectivity index (χ4v) is 4.45.